The summed E-state index contributed by atoms with van der Waals surface area (Å²) in [7, 11) is 0. The van der Waals surface area contributed by atoms with Crippen LogP contribution in [-0.4, -0.2) is 15.7 Å². The molecule has 2 aromatic carbocycles. The average Bonchev–Trinajstić information content (AvgIpc) is 3.05. The van der Waals surface area contributed by atoms with Crippen LogP contribution in [0, 0.1) is 12.7 Å². The molecule has 5 heteroatoms. The molecule has 1 N–H and O–H groups in total. The third kappa shape index (κ3) is 3.45. The van der Waals surface area contributed by atoms with Crippen LogP contribution in [0.4, 0.5) is 4.39 Å². The van der Waals surface area contributed by atoms with Crippen molar-refractivity contribution in [1.29, 1.82) is 0 Å². The van der Waals surface area contributed by atoms with Crippen molar-refractivity contribution in [3.8, 4) is 5.69 Å². The molecule has 0 aliphatic heterocycles. The van der Waals surface area contributed by atoms with E-state index in [9.17, 15) is 9.18 Å². The number of hydrogen-bond donors (Lipinski definition) is 1. The number of carbonyl (C=O) groups is 1. The van der Waals surface area contributed by atoms with Gasteiger partial charge in [0.1, 0.15) is 5.82 Å². The molecule has 0 aliphatic rings. The van der Waals surface area contributed by atoms with Crippen LogP contribution >= 0.6 is 0 Å². The van der Waals surface area contributed by atoms with E-state index in [0.717, 1.165) is 11.3 Å². The second kappa shape index (κ2) is 6.44. The minimum Gasteiger partial charge on any atom is -0.348 e. The minimum absolute atomic E-state index is 0.309. The highest BCUT2D eigenvalue weighted by atomic mass is 19.1. The van der Waals surface area contributed by atoms with Gasteiger partial charge in [-0.1, -0.05) is 24.3 Å². The molecule has 0 atom stereocenters. The lowest BCUT2D eigenvalue weighted by molar-refractivity contribution is 0.0950. The summed E-state index contributed by atoms with van der Waals surface area (Å²) in [5.41, 5.74) is 2.65. The van der Waals surface area contributed by atoms with E-state index in [-0.39, 0.29) is 11.7 Å². The molecule has 3 aromatic rings. The van der Waals surface area contributed by atoms with Gasteiger partial charge in [-0.15, -0.1) is 0 Å². The number of carbonyl (C=O) groups excluding carboxylic acids is 1. The summed E-state index contributed by atoms with van der Waals surface area (Å²) in [6.45, 7) is 2.00. The fraction of sp³-hybridized carbons (Fsp3) is 0.111. The predicted octanol–water partition coefficient (Wildman–Crippen LogP) is 3.25. The Morgan fingerprint density at radius 3 is 2.74 bits per heavy atom. The minimum atomic E-state index is -0.380. The highest BCUT2D eigenvalue weighted by Gasteiger charge is 2.08. The zero-order valence-corrected chi connectivity index (χ0v) is 12.7. The number of para-hydroxylation sites is 1. The first-order valence-corrected chi connectivity index (χ1v) is 7.27. The largest absolute Gasteiger partial charge is 0.348 e. The van der Waals surface area contributed by atoms with Crippen LogP contribution in [0.3, 0.4) is 0 Å². The molecule has 4 nitrogen and oxygen atoms in total. The third-order valence-electron chi connectivity index (χ3n) is 3.54. The number of amides is 1. The van der Waals surface area contributed by atoms with Crippen LogP contribution in [0.5, 0.6) is 0 Å². The van der Waals surface area contributed by atoms with Crippen LogP contribution in [0.25, 0.3) is 5.69 Å². The Bertz CT molecular complexity index is 827. The Morgan fingerprint density at radius 2 is 2.00 bits per heavy atom. The quantitative estimate of drug-likeness (QED) is 0.804. The topological polar surface area (TPSA) is 46.9 Å². The lowest BCUT2D eigenvalue weighted by Gasteiger charge is -2.05. The maximum Gasteiger partial charge on any atom is 0.251 e. The van der Waals surface area contributed by atoms with Crippen molar-refractivity contribution in [3.63, 3.8) is 0 Å². The average molecular weight is 309 g/mol. The van der Waals surface area contributed by atoms with Gasteiger partial charge in [0, 0.05) is 23.9 Å². The van der Waals surface area contributed by atoms with Crippen LogP contribution < -0.4 is 5.32 Å². The molecule has 0 aliphatic carbocycles. The maximum atomic E-state index is 13.5. The fourth-order valence-corrected chi connectivity index (χ4v) is 2.19. The third-order valence-corrected chi connectivity index (χ3v) is 3.54. The first-order chi connectivity index (χ1) is 11.1. The van der Waals surface area contributed by atoms with Crippen molar-refractivity contribution < 1.29 is 9.18 Å². The van der Waals surface area contributed by atoms with Gasteiger partial charge in [-0.2, -0.15) is 5.10 Å². The van der Waals surface area contributed by atoms with E-state index < -0.39 is 0 Å². The molecule has 0 saturated carbocycles. The van der Waals surface area contributed by atoms with E-state index in [1.54, 1.807) is 29.9 Å². The fourth-order valence-electron chi connectivity index (χ4n) is 2.19. The summed E-state index contributed by atoms with van der Waals surface area (Å²) in [5, 5.41) is 7.04. The highest BCUT2D eigenvalue weighted by Crippen LogP contribution is 2.10. The van der Waals surface area contributed by atoms with Gasteiger partial charge in [0.25, 0.3) is 5.91 Å². The molecule has 1 amide bonds. The number of benzene rings is 2. The molecule has 23 heavy (non-hydrogen) atoms. The standard InChI is InChI=1S/C18H16FN3O/c1-13-7-8-15(9-17(13)19)18(23)20-10-14-11-21-22(12-14)16-5-3-2-4-6-16/h2-9,11-12H,10H2,1H3,(H,20,23). The number of rotatable bonds is 4. The van der Waals surface area contributed by atoms with E-state index in [0.29, 0.717) is 17.7 Å². The van der Waals surface area contributed by atoms with E-state index in [4.69, 9.17) is 0 Å². The van der Waals surface area contributed by atoms with E-state index in [1.165, 1.54) is 6.07 Å². The van der Waals surface area contributed by atoms with Gasteiger partial charge in [0.15, 0.2) is 0 Å². The monoisotopic (exact) mass is 309 g/mol. The Labute approximate surface area is 133 Å². The van der Waals surface area contributed by atoms with Crippen molar-refractivity contribution >= 4 is 5.91 Å². The zero-order chi connectivity index (χ0) is 16.2. The second-order valence-corrected chi connectivity index (χ2v) is 5.28. The molecule has 116 valence electrons. The van der Waals surface area contributed by atoms with E-state index >= 15 is 0 Å². The summed E-state index contributed by atoms with van der Waals surface area (Å²) in [4.78, 5) is 12.1. The predicted molar refractivity (Wildman–Crippen MR) is 85.9 cm³/mol. The molecule has 3 rings (SSSR count). The Balaban J connectivity index is 1.65. The second-order valence-electron chi connectivity index (χ2n) is 5.28. The summed E-state index contributed by atoms with van der Waals surface area (Å²) in [6, 6.07) is 14.2. The van der Waals surface area contributed by atoms with Crippen molar-refractivity contribution in [3.05, 3.63) is 83.4 Å². The van der Waals surface area contributed by atoms with Gasteiger partial charge in [-0.3, -0.25) is 4.79 Å². The summed E-state index contributed by atoms with van der Waals surface area (Å²) < 4.78 is 15.2. The van der Waals surface area contributed by atoms with Gasteiger partial charge in [0.05, 0.1) is 11.9 Å². The number of nitrogens with zero attached hydrogens (tertiary/aromatic N) is 2. The maximum absolute atomic E-state index is 13.5. The van der Waals surface area contributed by atoms with Gasteiger partial charge < -0.3 is 5.32 Å². The number of aromatic nitrogens is 2. The van der Waals surface area contributed by atoms with Gasteiger partial charge in [-0.25, -0.2) is 9.07 Å². The Morgan fingerprint density at radius 1 is 1.22 bits per heavy atom. The van der Waals surface area contributed by atoms with Gasteiger partial charge >= 0.3 is 0 Å². The summed E-state index contributed by atoms with van der Waals surface area (Å²) in [5.74, 6) is -0.689. The molecule has 0 radical (unpaired) electrons. The first kappa shape index (κ1) is 15.0. The van der Waals surface area contributed by atoms with Crippen LogP contribution in [0.15, 0.2) is 60.9 Å². The van der Waals surface area contributed by atoms with Crippen LogP contribution in [0.1, 0.15) is 21.5 Å². The summed E-state index contributed by atoms with van der Waals surface area (Å²) in [6.07, 6.45) is 3.55. The van der Waals surface area contributed by atoms with Crippen LogP contribution in [0.2, 0.25) is 0 Å². The van der Waals surface area contributed by atoms with Gasteiger partial charge in [-0.05, 0) is 36.8 Å². The number of nitrogens with one attached hydrogen (secondary N) is 1. The number of aryl methyl sites for hydroxylation is 1. The molecule has 0 spiro atoms. The SMILES string of the molecule is Cc1ccc(C(=O)NCc2cnn(-c3ccccc3)c2)cc1F. The molecule has 1 heterocycles. The van der Waals surface area contributed by atoms with E-state index in [1.807, 2.05) is 36.5 Å². The Hall–Kier alpha value is -2.95. The lowest BCUT2D eigenvalue weighted by atomic mass is 10.1. The zero-order valence-electron chi connectivity index (χ0n) is 12.7. The van der Waals surface area contributed by atoms with Crippen molar-refractivity contribution in [2.24, 2.45) is 0 Å². The molecular formula is C18H16FN3O. The first-order valence-electron chi connectivity index (χ1n) is 7.27. The Kier molecular flexibility index (Phi) is 4.19. The molecule has 0 saturated heterocycles. The van der Waals surface area contributed by atoms with E-state index in [2.05, 4.69) is 10.4 Å². The van der Waals surface area contributed by atoms with Gasteiger partial charge in [0.2, 0.25) is 0 Å². The molecule has 0 fully saturated rings. The van der Waals surface area contributed by atoms with Crippen molar-refractivity contribution in [2.75, 3.05) is 0 Å². The van der Waals surface area contributed by atoms with Crippen LogP contribution in [-0.2, 0) is 6.54 Å². The smallest absolute Gasteiger partial charge is 0.251 e. The number of halogens is 1. The number of hydrogen-bond acceptors (Lipinski definition) is 2. The van der Waals surface area contributed by atoms with Crippen molar-refractivity contribution in [1.82, 2.24) is 15.1 Å². The molecule has 1 aromatic heterocycles. The molecule has 0 bridgehead atoms. The molecule has 0 unspecified atom stereocenters. The van der Waals surface area contributed by atoms with Crippen molar-refractivity contribution in [2.45, 2.75) is 13.5 Å². The summed E-state index contributed by atoms with van der Waals surface area (Å²) >= 11 is 0. The molecular weight excluding hydrogens is 293 g/mol. The lowest BCUT2D eigenvalue weighted by Crippen LogP contribution is -2.22. The highest BCUT2D eigenvalue weighted by molar-refractivity contribution is 5.94. The normalized spacial score (nSPS) is 10.5.